The maximum Gasteiger partial charge on any atom is 0.301 e. The molecule has 0 unspecified atom stereocenters. The molecule has 0 amide bonds. The molecule has 0 spiro atoms. The van der Waals surface area contributed by atoms with Gasteiger partial charge in [0.15, 0.2) is 29.1 Å². The molecule has 270 valence electrons. The predicted molar refractivity (Wildman–Crippen MR) is 230 cm³/mol. The van der Waals surface area contributed by atoms with Gasteiger partial charge in [-0.3, -0.25) is 0 Å². The molecule has 3 aromatic heterocycles. The van der Waals surface area contributed by atoms with Crippen LogP contribution in [-0.4, -0.2) is 19.9 Å². The number of fused-ring (bicyclic) bond motifs is 6. The van der Waals surface area contributed by atoms with Crippen LogP contribution in [0.1, 0.15) is 5.89 Å². The van der Waals surface area contributed by atoms with E-state index in [1.165, 1.54) is 0 Å². The Kier molecular flexibility index (Phi) is 7.73. The summed E-state index contributed by atoms with van der Waals surface area (Å²) >= 11 is 0. The minimum absolute atomic E-state index is 0.0203. The van der Waals surface area contributed by atoms with E-state index in [2.05, 4.69) is 96.0 Å². The Bertz CT molecular complexity index is 3330. The maximum absolute atomic E-state index is 9.69. The lowest BCUT2D eigenvalue weighted by Crippen LogP contribution is -2.00. The molecule has 0 aliphatic heterocycles. The van der Waals surface area contributed by atoms with Crippen LogP contribution in [0.5, 0.6) is 0 Å². The molecule has 0 aliphatic rings. The first kappa shape index (κ1) is 33.2. The largest absolute Gasteiger partial charge is 0.456 e. The number of aromatic nitrogens is 4. The molecule has 58 heavy (non-hydrogen) atoms. The van der Waals surface area contributed by atoms with E-state index in [0.29, 0.717) is 34.2 Å². The van der Waals surface area contributed by atoms with Gasteiger partial charge in [-0.25, -0.2) is 15.0 Å². The van der Waals surface area contributed by atoms with E-state index in [1.807, 2.05) is 91.0 Å². The molecule has 8 aromatic carbocycles. The van der Waals surface area contributed by atoms with Crippen molar-refractivity contribution in [2.75, 3.05) is 0 Å². The lowest BCUT2D eigenvalue weighted by atomic mass is 9.91. The third kappa shape index (κ3) is 5.59. The smallest absolute Gasteiger partial charge is 0.301 e. The minimum Gasteiger partial charge on any atom is -0.456 e. The number of hydrogen-bond acceptors (Lipinski definition) is 7. The van der Waals surface area contributed by atoms with Crippen molar-refractivity contribution in [2.45, 2.75) is 0 Å². The number of hydrogen-bond donors (Lipinski definition) is 0. The van der Waals surface area contributed by atoms with Crippen LogP contribution in [0.3, 0.4) is 0 Å². The average Bonchev–Trinajstić information content (AvgIpc) is 3.91. The van der Waals surface area contributed by atoms with Gasteiger partial charge in [-0.2, -0.15) is 10.2 Å². The Hall–Kier alpha value is -8.21. The highest BCUT2D eigenvalue weighted by molar-refractivity contribution is 6.19. The second kappa shape index (κ2) is 13.5. The molecule has 11 aromatic rings. The van der Waals surface area contributed by atoms with Crippen LogP contribution in [0.25, 0.3) is 111 Å². The molecule has 3 heterocycles. The maximum atomic E-state index is 9.69. The normalized spacial score (nSPS) is 11.4. The van der Waals surface area contributed by atoms with Gasteiger partial charge in [-0.15, -0.1) is 0 Å². The molecule has 11 rings (SSSR count). The molecule has 0 atom stereocenters. The fourth-order valence-electron chi connectivity index (χ4n) is 7.91. The summed E-state index contributed by atoms with van der Waals surface area (Å²) in [5, 5.41) is 13.8. The van der Waals surface area contributed by atoms with Crippen molar-refractivity contribution in [1.82, 2.24) is 19.9 Å². The molecule has 0 radical (unpaired) electrons. The summed E-state index contributed by atoms with van der Waals surface area (Å²) in [6.07, 6.45) is 0. The number of rotatable bonds is 6. The molecule has 7 heteroatoms. The van der Waals surface area contributed by atoms with Crippen LogP contribution >= 0.6 is 0 Å². The predicted octanol–water partition coefficient (Wildman–Crippen LogP) is 12.9. The molecular weight excluding hydrogens is 715 g/mol. The summed E-state index contributed by atoms with van der Waals surface area (Å²) in [6, 6.07) is 61.7. The standard InChI is InChI=1S/C51H29N5O2/c52-30-45-53-47-46-41-17-9-10-18-43(41)57-44(46)29-42(48(47)58-45)33-21-19-31(20-22-33)37-27-28-38(40-16-8-7-15-39(37)40)32-23-25-36(26-24-32)51-55-49(34-11-3-1-4-12-34)54-50(56-51)35-13-5-2-6-14-35/h1-29H. The van der Waals surface area contributed by atoms with Gasteiger partial charge in [0.2, 0.25) is 0 Å². The van der Waals surface area contributed by atoms with Gasteiger partial charge in [0.05, 0.1) is 5.39 Å². The molecule has 0 aliphatic carbocycles. The van der Waals surface area contributed by atoms with Gasteiger partial charge >= 0.3 is 5.89 Å². The minimum atomic E-state index is 0.0203. The summed E-state index contributed by atoms with van der Waals surface area (Å²) in [6.45, 7) is 0. The zero-order valence-electron chi connectivity index (χ0n) is 30.8. The van der Waals surface area contributed by atoms with Crippen LogP contribution in [-0.2, 0) is 0 Å². The topological polar surface area (TPSA) is 102 Å². The molecule has 0 N–H and O–H groups in total. The first-order valence-electron chi connectivity index (χ1n) is 18.9. The van der Waals surface area contributed by atoms with Crippen LogP contribution in [0.4, 0.5) is 0 Å². The van der Waals surface area contributed by atoms with Crippen LogP contribution in [0, 0.1) is 11.3 Å². The molecule has 0 bridgehead atoms. The van der Waals surface area contributed by atoms with Gasteiger partial charge in [0.1, 0.15) is 16.7 Å². The van der Waals surface area contributed by atoms with Crippen molar-refractivity contribution in [3.63, 3.8) is 0 Å². The first-order valence-corrected chi connectivity index (χ1v) is 18.9. The van der Waals surface area contributed by atoms with Crippen LogP contribution < -0.4 is 0 Å². The Morgan fingerprint density at radius 3 is 1.36 bits per heavy atom. The van der Waals surface area contributed by atoms with Crippen LogP contribution in [0.2, 0.25) is 0 Å². The van der Waals surface area contributed by atoms with Gasteiger partial charge < -0.3 is 8.83 Å². The van der Waals surface area contributed by atoms with Gasteiger partial charge in [-0.1, -0.05) is 164 Å². The van der Waals surface area contributed by atoms with Gasteiger partial charge in [0.25, 0.3) is 0 Å². The second-order valence-electron chi connectivity index (χ2n) is 14.1. The van der Waals surface area contributed by atoms with E-state index in [9.17, 15) is 5.26 Å². The number of oxazole rings is 1. The number of nitrogens with zero attached hydrogens (tertiary/aromatic N) is 5. The van der Waals surface area contributed by atoms with Crippen LogP contribution in [0.15, 0.2) is 185 Å². The van der Waals surface area contributed by atoms with E-state index >= 15 is 0 Å². The quantitative estimate of drug-likeness (QED) is 0.167. The Balaban J connectivity index is 0.950. The Morgan fingerprint density at radius 2 is 0.828 bits per heavy atom. The Labute approximate surface area is 332 Å². The summed E-state index contributed by atoms with van der Waals surface area (Å²) in [5.74, 6) is 1.91. The summed E-state index contributed by atoms with van der Waals surface area (Å²) in [4.78, 5) is 19.2. The molecule has 0 fully saturated rings. The van der Waals surface area contributed by atoms with Crippen molar-refractivity contribution in [3.8, 4) is 73.6 Å². The molecule has 0 saturated carbocycles. The SMILES string of the molecule is N#Cc1nc2c(o1)c(-c1ccc(-c3ccc(-c4ccc(-c5nc(-c6ccccc6)nc(-c6ccccc6)n5)cc4)c4ccccc34)cc1)cc1oc3ccccc3c12. The van der Waals surface area contributed by atoms with E-state index in [4.69, 9.17) is 23.8 Å². The van der Waals surface area contributed by atoms with Crippen molar-refractivity contribution in [2.24, 2.45) is 0 Å². The zero-order chi connectivity index (χ0) is 38.6. The lowest BCUT2D eigenvalue weighted by molar-refractivity contribution is 0.585. The van der Waals surface area contributed by atoms with E-state index in [0.717, 1.165) is 77.2 Å². The van der Waals surface area contributed by atoms with Gasteiger partial charge in [-0.05, 0) is 50.7 Å². The monoisotopic (exact) mass is 743 g/mol. The van der Waals surface area contributed by atoms with Crippen molar-refractivity contribution in [3.05, 3.63) is 182 Å². The highest BCUT2D eigenvalue weighted by Crippen LogP contribution is 2.42. The fourth-order valence-corrected chi connectivity index (χ4v) is 7.91. The van der Waals surface area contributed by atoms with E-state index < -0.39 is 0 Å². The summed E-state index contributed by atoms with van der Waals surface area (Å²) in [5.41, 5.74) is 11.6. The second-order valence-corrected chi connectivity index (χ2v) is 14.1. The third-order valence-electron chi connectivity index (χ3n) is 10.7. The third-order valence-corrected chi connectivity index (χ3v) is 10.7. The molecular formula is C51H29N5O2. The molecule has 7 nitrogen and oxygen atoms in total. The summed E-state index contributed by atoms with van der Waals surface area (Å²) in [7, 11) is 0. The van der Waals surface area contributed by atoms with Crippen molar-refractivity contribution < 1.29 is 8.83 Å². The first-order chi connectivity index (χ1) is 28.7. The van der Waals surface area contributed by atoms with Crippen molar-refractivity contribution >= 4 is 43.8 Å². The number of nitriles is 1. The number of furan rings is 1. The van der Waals surface area contributed by atoms with E-state index in [-0.39, 0.29) is 5.89 Å². The molecule has 0 saturated heterocycles. The average molecular weight is 744 g/mol. The highest BCUT2D eigenvalue weighted by Gasteiger charge is 2.21. The fraction of sp³-hybridized carbons (Fsp3) is 0. The number of benzene rings is 8. The lowest BCUT2D eigenvalue weighted by Gasteiger charge is -2.13. The summed E-state index contributed by atoms with van der Waals surface area (Å²) < 4.78 is 12.3. The van der Waals surface area contributed by atoms with E-state index in [1.54, 1.807) is 0 Å². The van der Waals surface area contributed by atoms with Crippen molar-refractivity contribution in [1.29, 1.82) is 5.26 Å². The van der Waals surface area contributed by atoms with Gasteiger partial charge in [0, 0.05) is 27.6 Å². The Morgan fingerprint density at radius 1 is 0.379 bits per heavy atom. The number of para-hydroxylation sites is 1. The zero-order valence-corrected chi connectivity index (χ0v) is 30.8. The highest BCUT2D eigenvalue weighted by atomic mass is 16.4.